The Hall–Kier alpha value is -1.43. The van der Waals surface area contributed by atoms with E-state index in [1.54, 1.807) is 0 Å². The first-order chi connectivity index (χ1) is 6.73. The van der Waals surface area contributed by atoms with Gasteiger partial charge in [0.15, 0.2) is 0 Å². The number of halogens is 4. The molecule has 0 unspecified atom stereocenters. The fourth-order valence-corrected chi connectivity index (χ4v) is 1.38. The number of rotatable bonds is 1. The normalized spacial score (nSPS) is 11.5. The van der Waals surface area contributed by atoms with Gasteiger partial charge in [-0.15, -0.1) is 0 Å². The maximum atomic E-state index is 12.3. The SMILES string of the molecule is Nc1cc(C(=O)O)cc(Cl)c1C(F)(F)F. The number of benzene rings is 1. The molecule has 3 nitrogen and oxygen atoms in total. The third-order valence-electron chi connectivity index (χ3n) is 1.65. The minimum atomic E-state index is -4.70. The molecule has 1 aromatic rings. The van der Waals surface area contributed by atoms with Gasteiger partial charge in [0, 0.05) is 5.69 Å². The molecule has 0 aliphatic carbocycles. The summed E-state index contributed by atoms with van der Waals surface area (Å²) in [6.07, 6.45) is -4.70. The smallest absolute Gasteiger partial charge is 0.419 e. The first kappa shape index (κ1) is 11.6. The van der Waals surface area contributed by atoms with E-state index in [1.165, 1.54) is 0 Å². The third kappa shape index (κ3) is 2.33. The standard InChI is InChI=1S/C8H5ClF3NO2/c9-4-1-3(7(14)15)2-5(13)6(4)8(10,11)12/h1-2H,13H2,(H,14,15). The van der Waals surface area contributed by atoms with E-state index in [9.17, 15) is 18.0 Å². The molecule has 7 heteroatoms. The second kappa shape index (κ2) is 3.62. The van der Waals surface area contributed by atoms with Gasteiger partial charge in [0.1, 0.15) is 0 Å². The summed E-state index contributed by atoms with van der Waals surface area (Å²) in [5.74, 6) is -1.39. The number of carboxylic acids is 1. The average Bonchev–Trinajstić information content (AvgIpc) is 1.99. The van der Waals surface area contributed by atoms with Gasteiger partial charge in [0.25, 0.3) is 0 Å². The maximum absolute atomic E-state index is 12.3. The van der Waals surface area contributed by atoms with Gasteiger partial charge in [-0.2, -0.15) is 13.2 Å². The number of alkyl halides is 3. The minimum Gasteiger partial charge on any atom is -0.478 e. The highest BCUT2D eigenvalue weighted by molar-refractivity contribution is 6.32. The third-order valence-corrected chi connectivity index (χ3v) is 1.95. The molecule has 82 valence electrons. The minimum absolute atomic E-state index is 0.384. The van der Waals surface area contributed by atoms with Gasteiger partial charge < -0.3 is 10.8 Å². The Morgan fingerprint density at radius 3 is 2.27 bits per heavy atom. The van der Waals surface area contributed by atoms with Crippen LogP contribution in [0.1, 0.15) is 15.9 Å². The number of aromatic carboxylic acids is 1. The van der Waals surface area contributed by atoms with E-state index in [0.717, 1.165) is 6.07 Å². The van der Waals surface area contributed by atoms with E-state index in [1.807, 2.05) is 0 Å². The van der Waals surface area contributed by atoms with Crippen molar-refractivity contribution in [3.05, 3.63) is 28.3 Å². The number of hydrogen-bond donors (Lipinski definition) is 2. The monoisotopic (exact) mass is 239 g/mol. The van der Waals surface area contributed by atoms with Crippen molar-refractivity contribution >= 4 is 23.3 Å². The molecule has 0 fully saturated rings. The van der Waals surface area contributed by atoms with Gasteiger partial charge in [-0.25, -0.2) is 4.79 Å². The molecule has 0 heterocycles. The molecular formula is C8H5ClF3NO2. The summed E-state index contributed by atoms with van der Waals surface area (Å²) < 4.78 is 37.0. The molecule has 15 heavy (non-hydrogen) atoms. The molecule has 0 spiro atoms. The second-order valence-corrected chi connectivity index (χ2v) is 3.13. The molecule has 0 bridgehead atoms. The molecule has 0 saturated heterocycles. The lowest BCUT2D eigenvalue weighted by atomic mass is 10.1. The van der Waals surface area contributed by atoms with Crippen LogP contribution in [-0.4, -0.2) is 11.1 Å². The van der Waals surface area contributed by atoms with Crippen molar-refractivity contribution < 1.29 is 23.1 Å². The van der Waals surface area contributed by atoms with Crippen molar-refractivity contribution in [2.24, 2.45) is 0 Å². The molecule has 0 saturated carbocycles. The fraction of sp³-hybridized carbons (Fsp3) is 0.125. The predicted molar refractivity (Wildman–Crippen MR) is 47.8 cm³/mol. The lowest BCUT2D eigenvalue weighted by Crippen LogP contribution is -2.11. The summed E-state index contributed by atoms with van der Waals surface area (Å²) in [5.41, 5.74) is 2.78. The number of nitrogen functional groups attached to an aromatic ring is 1. The van der Waals surface area contributed by atoms with Crippen LogP contribution in [0.4, 0.5) is 18.9 Å². The van der Waals surface area contributed by atoms with E-state index >= 15 is 0 Å². The van der Waals surface area contributed by atoms with Gasteiger partial charge >= 0.3 is 12.1 Å². The Bertz CT molecular complexity index is 394. The highest BCUT2D eigenvalue weighted by Crippen LogP contribution is 2.39. The molecule has 0 atom stereocenters. The van der Waals surface area contributed by atoms with Crippen LogP contribution in [0.25, 0.3) is 0 Å². The number of carboxylic acid groups (broad SMARTS) is 1. The zero-order valence-electron chi connectivity index (χ0n) is 7.10. The van der Waals surface area contributed by atoms with E-state index in [2.05, 4.69) is 0 Å². The zero-order chi connectivity index (χ0) is 11.8. The summed E-state index contributed by atoms with van der Waals surface area (Å²) in [7, 11) is 0. The van der Waals surface area contributed by atoms with Crippen molar-refractivity contribution in [2.75, 3.05) is 5.73 Å². The van der Waals surface area contributed by atoms with Crippen molar-refractivity contribution in [1.82, 2.24) is 0 Å². The summed E-state index contributed by atoms with van der Waals surface area (Å²) in [5, 5.41) is 7.81. The number of hydrogen-bond acceptors (Lipinski definition) is 2. The Kier molecular flexibility index (Phi) is 2.81. The average molecular weight is 240 g/mol. The van der Waals surface area contributed by atoms with Gasteiger partial charge in [0.2, 0.25) is 0 Å². The van der Waals surface area contributed by atoms with Crippen LogP contribution in [0.5, 0.6) is 0 Å². The van der Waals surface area contributed by atoms with Crippen molar-refractivity contribution in [2.45, 2.75) is 6.18 Å². The van der Waals surface area contributed by atoms with Gasteiger partial charge in [-0.05, 0) is 12.1 Å². The first-order valence-electron chi connectivity index (χ1n) is 3.63. The van der Waals surface area contributed by atoms with Crippen LogP contribution in [0.2, 0.25) is 5.02 Å². The van der Waals surface area contributed by atoms with Crippen LogP contribution >= 0.6 is 11.6 Å². The maximum Gasteiger partial charge on any atom is 0.419 e. The Balaban J connectivity index is 3.41. The summed E-state index contributed by atoms with van der Waals surface area (Å²) in [6, 6.07) is 1.43. The van der Waals surface area contributed by atoms with Crippen LogP contribution in [0.3, 0.4) is 0 Å². The lowest BCUT2D eigenvalue weighted by Gasteiger charge is -2.12. The zero-order valence-corrected chi connectivity index (χ0v) is 7.86. The second-order valence-electron chi connectivity index (χ2n) is 2.73. The first-order valence-corrected chi connectivity index (χ1v) is 4.01. The van der Waals surface area contributed by atoms with E-state index in [4.69, 9.17) is 22.4 Å². The molecular weight excluding hydrogens is 235 g/mol. The van der Waals surface area contributed by atoms with Crippen LogP contribution in [0.15, 0.2) is 12.1 Å². The number of anilines is 1. The van der Waals surface area contributed by atoms with Gasteiger partial charge in [-0.1, -0.05) is 11.6 Å². The Morgan fingerprint density at radius 1 is 1.40 bits per heavy atom. The lowest BCUT2D eigenvalue weighted by molar-refractivity contribution is -0.136. The quantitative estimate of drug-likeness (QED) is 0.741. The molecule has 1 rings (SSSR count). The molecule has 0 aliphatic rings. The largest absolute Gasteiger partial charge is 0.478 e. The van der Waals surface area contributed by atoms with Crippen LogP contribution in [-0.2, 0) is 6.18 Å². The Labute approximate surface area is 87.3 Å². The predicted octanol–water partition coefficient (Wildman–Crippen LogP) is 2.64. The summed E-state index contributed by atoms with van der Waals surface area (Å²) in [4.78, 5) is 10.5. The van der Waals surface area contributed by atoms with E-state index in [0.29, 0.717) is 6.07 Å². The molecule has 1 aromatic carbocycles. The van der Waals surface area contributed by atoms with Crippen molar-refractivity contribution in [3.8, 4) is 0 Å². The molecule has 3 N–H and O–H groups in total. The van der Waals surface area contributed by atoms with Crippen molar-refractivity contribution in [1.29, 1.82) is 0 Å². The summed E-state index contributed by atoms with van der Waals surface area (Å²) in [6.45, 7) is 0. The van der Waals surface area contributed by atoms with Crippen molar-refractivity contribution in [3.63, 3.8) is 0 Å². The van der Waals surface area contributed by atoms with Crippen LogP contribution < -0.4 is 5.73 Å². The van der Waals surface area contributed by atoms with Gasteiger partial charge in [-0.3, -0.25) is 0 Å². The molecule has 0 aromatic heterocycles. The number of carbonyl (C=O) groups is 1. The fourth-order valence-electron chi connectivity index (χ4n) is 1.05. The Morgan fingerprint density at radius 2 is 1.93 bits per heavy atom. The number of nitrogens with two attached hydrogens (primary N) is 1. The molecule has 0 radical (unpaired) electrons. The van der Waals surface area contributed by atoms with E-state index in [-0.39, 0.29) is 5.56 Å². The van der Waals surface area contributed by atoms with E-state index < -0.39 is 28.4 Å². The topological polar surface area (TPSA) is 63.3 Å². The molecule has 0 aliphatic heterocycles. The van der Waals surface area contributed by atoms with Gasteiger partial charge in [0.05, 0.1) is 16.1 Å². The molecule has 0 amide bonds. The highest BCUT2D eigenvalue weighted by Gasteiger charge is 2.36. The summed E-state index contributed by atoms with van der Waals surface area (Å²) >= 11 is 5.30. The highest BCUT2D eigenvalue weighted by atomic mass is 35.5. The van der Waals surface area contributed by atoms with Crippen LogP contribution in [0, 0.1) is 0 Å².